The zero-order valence-electron chi connectivity index (χ0n) is 14.3. The largest absolute Gasteiger partial charge is 0.384 e. The summed E-state index contributed by atoms with van der Waals surface area (Å²) in [4.78, 5) is 24.4. The number of benzene rings is 1. The number of rotatable bonds is 7. The van der Waals surface area contributed by atoms with Gasteiger partial charge in [0.25, 0.3) is 5.91 Å². The molecule has 25 heavy (non-hydrogen) atoms. The van der Waals surface area contributed by atoms with Crippen molar-refractivity contribution in [1.82, 2.24) is 16.0 Å². The third kappa shape index (κ3) is 5.95. The summed E-state index contributed by atoms with van der Waals surface area (Å²) in [6, 6.07) is 5.32. The quantitative estimate of drug-likeness (QED) is 0.625. The first-order valence-electron chi connectivity index (χ1n) is 8.09. The number of halogens is 2. The van der Waals surface area contributed by atoms with E-state index in [-0.39, 0.29) is 30.0 Å². The van der Waals surface area contributed by atoms with Gasteiger partial charge in [0.05, 0.1) is 12.0 Å². The maximum atomic E-state index is 12.8. The molecule has 0 bridgehead atoms. The Kier molecular flexibility index (Phi) is 8.82. The van der Waals surface area contributed by atoms with Gasteiger partial charge in [-0.25, -0.2) is 4.39 Å². The summed E-state index contributed by atoms with van der Waals surface area (Å²) in [7, 11) is 1.60. The van der Waals surface area contributed by atoms with Crippen LogP contribution in [-0.4, -0.2) is 51.7 Å². The number of amides is 2. The second-order valence-corrected chi connectivity index (χ2v) is 5.98. The number of methoxy groups -OCH3 is 1. The normalized spacial score (nSPS) is 15.8. The SMILES string of the molecule is COCC1(C(=O)NCCNC(=O)c2ccc(F)cc2)CCNCC1.Cl. The lowest BCUT2D eigenvalue weighted by Gasteiger charge is -2.35. The van der Waals surface area contributed by atoms with E-state index < -0.39 is 5.41 Å². The van der Waals surface area contributed by atoms with E-state index in [1.165, 1.54) is 24.3 Å². The highest BCUT2D eigenvalue weighted by Gasteiger charge is 2.39. The van der Waals surface area contributed by atoms with Crippen molar-refractivity contribution in [1.29, 1.82) is 0 Å². The van der Waals surface area contributed by atoms with Crippen LogP contribution in [0.2, 0.25) is 0 Å². The van der Waals surface area contributed by atoms with E-state index in [0.717, 1.165) is 25.9 Å². The Morgan fingerprint density at radius 1 is 1.16 bits per heavy atom. The third-order valence-electron chi connectivity index (χ3n) is 4.27. The molecular weight excluding hydrogens is 349 g/mol. The topological polar surface area (TPSA) is 79.5 Å². The van der Waals surface area contributed by atoms with Crippen molar-refractivity contribution in [3.05, 3.63) is 35.6 Å². The molecule has 3 N–H and O–H groups in total. The standard InChI is InChI=1S/C17H24FN3O3.ClH/c1-24-12-17(6-8-19-9-7-17)16(23)21-11-10-20-15(22)13-2-4-14(18)5-3-13;/h2-5,19H,6-12H2,1H3,(H,20,22)(H,21,23);1H. The number of carbonyl (C=O) groups excluding carboxylic acids is 2. The molecule has 2 amide bonds. The van der Waals surface area contributed by atoms with Crippen molar-refractivity contribution in [2.45, 2.75) is 12.8 Å². The molecule has 8 heteroatoms. The molecular formula is C17H25ClFN3O3. The molecule has 0 saturated carbocycles. The van der Waals surface area contributed by atoms with Crippen LogP contribution in [0.3, 0.4) is 0 Å². The van der Waals surface area contributed by atoms with Gasteiger partial charge in [0.2, 0.25) is 5.91 Å². The fourth-order valence-electron chi connectivity index (χ4n) is 2.86. The smallest absolute Gasteiger partial charge is 0.251 e. The minimum absolute atomic E-state index is 0. The number of nitrogens with one attached hydrogen (secondary N) is 3. The van der Waals surface area contributed by atoms with E-state index in [1.54, 1.807) is 7.11 Å². The van der Waals surface area contributed by atoms with E-state index in [1.807, 2.05) is 0 Å². The Bertz CT molecular complexity index is 557. The molecule has 0 unspecified atom stereocenters. The fraction of sp³-hybridized carbons (Fsp3) is 0.529. The Morgan fingerprint density at radius 2 is 1.76 bits per heavy atom. The lowest BCUT2D eigenvalue weighted by atomic mass is 9.78. The molecule has 1 heterocycles. The van der Waals surface area contributed by atoms with Crippen molar-refractivity contribution >= 4 is 24.2 Å². The average Bonchev–Trinajstić information content (AvgIpc) is 2.60. The van der Waals surface area contributed by atoms with Crippen LogP contribution in [0.4, 0.5) is 4.39 Å². The predicted octanol–water partition coefficient (Wildman–Crippen LogP) is 1.11. The fourth-order valence-corrected chi connectivity index (χ4v) is 2.86. The number of carbonyl (C=O) groups is 2. The van der Waals surface area contributed by atoms with Gasteiger partial charge in [0.1, 0.15) is 5.82 Å². The van der Waals surface area contributed by atoms with Gasteiger partial charge in [-0.05, 0) is 50.2 Å². The van der Waals surface area contributed by atoms with Crippen LogP contribution in [-0.2, 0) is 9.53 Å². The molecule has 1 aromatic rings. The van der Waals surface area contributed by atoms with Crippen molar-refractivity contribution in [3.63, 3.8) is 0 Å². The minimum atomic E-state index is -0.499. The van der Waals surface area contributed by atoms with Crippen molar-refractivity contribution < 1.29 is 18.7 Å². The minimum Gasteiger partial charge on any atom is -0.384 e. The number of ether oxygens (including phenoxy) is 1. The van der Waals surface area contributed by atoms with Crippen LogP contribution in [0.15, 0.2) is 24.3 Å². The maximum Gasteiger partial charge on any atom is 0.251 e. The highest BCUT2D eigenvalue weighted by Crippen LogP contribution is 2.29. The Hall–Kier alpha value is -1.70. The van der Waals surface area contributed by atoms with Gasteiger partial charge in [-0.3, -0.25) is 9.59 Å². The summed E-state index contributed by atoms with van der Waals surface area (Å²) >= 11 is 0. The molecule has 6 nitrogen and oxygen atoms in total. The van der Waals surface area contributed by atoms with Crippen LogP contribution in [0.1, 0.15) is 23.2 Å². The molecule has 1 aliphatic rings. The van der Waals surface area contributed by atoms with Gasteiger partial charge in [-0.2, -0.15) is 0 Å². The van der Waals surface area contributed by atoms with Crippen molar-refractivity contribution in [3.8, 4) is 0 Å². The first-order chi connectivity index (χ1) is 11.6. The molecule has 2 rings (SSSR count). The van der Waals surface area contributed by atoms with Gasteiger partial charge in [0.15, 0.2) is 0 Å². The summed E-state index contributed by atoms with van der Waals surface area (Å²) in [5.41, 5.74) is -0.113. The van der Waals surface area contributed by atoms with Crippen LogP contribution < -0.4 is 16.0 Å². The maximum absolute atomic E-state index is 12.8. The van der Waals surface area contributed by atoms with E-state index in [2.05, 4.69) is 16.0 Å². The summed E-state index contributed by atoms with van der Waals surface area (Å²) in [6.07, 6.45) is 1.46. The summed E-state index contributed by atoms with van der Waals surface area (Å²) < 4.78 is 18.1. The first-order valence-corrected chi connectivity index (χ1v) is 8.09. The molecule has 1 fully saturated rings. The Labute approximate surface area is 153 Å². The Balaban J connectivity index is 0.00000312. The van der Waals surface area contributed by atoms with Crippen LogP contribution >= 0.6 is 12.4 Å². The van der Waals surface area contributed by atoms with Crippen LogP contribution in [0.5, 0.6) is 0 Å². The van der Waals surface area contributed by atoms with Crippen LogP contribution in [0, 0.1) is 11.2 Å². The number of hydrogen-bond donors (Lipinski definition) is 3. The molecule has 0 aromatic heterocycles. The van der Waals surface area contributed by atoms with Gasteiger partial charge >= 0.3 is 0 Å². The van der Waals surface area contributed by atoms with E-state index in [0.29, 0.717) is 25.3 Å². The average molecular weight is 374 g/mol. The molecule has 1 aromatic carbocycles. The van der Waals surface area contributed by atoms with Gasteiger partial charge in [-0.1, -0.05) is 0 Å². The molecule has 1 aliphatic heterocycles. The second-order valence-electron chi connectivity index (χ2n) is 5.98. The number of piperidine rings is 1. The molecule has 0 radical (unpaired) electrons. The monoisotopic (exact) mass is 373 g/mol. The predicted molar refractivity (Wildman–Crippen MR) is 95.4 cm³/mol. The van der Waals surface area contributed by atoms with E-state index >= 15 is 0 Å². The lowest BCUT2D eigenvalue weighted by molar-refractivity contribution is -0.136. The summed E-state index contributed by atoms with van der Waals surface area (Å²) in [5, 5.41) is 8.81. The van der Waals surface area contributed by atoms with Gasteiger partial charge in [-0.15, -0.1) is 12.4 Å². The highest BCUT2D eigenvalue weighted by atomic mass is 35.5. The van der Waals surface area contributed by atoms with Crippen molar-refractivity contribution in [2.24, 2.45) is 5.41 Å². The number of hydrogen-bond acceptors (Lipinski definition) is 4. The zero-order valence-corrected chi connectivity index (χ0v) is 15.1. The van der Waals surface area contributed by atoms with Gasteiger partial charge in [0, 0.05) is 25.8 Å². The van der Waals surface area contributed by atoms with E-state index in [4.69, 9.17) is 4.74 Å². The molecule has 0 atom stereocenters. The zero-order chi connectivity index (χ0) is 17.4. The molecule has 1 saturated heterocycles. The highest BCUT2D eigenvalue weighted by molar-refractivity contribution is 5.94. The first kappa shape index (κ1) is 21.3. The Morgan fingerprint density at radius 3 is 2.36 bits per heavy atom. The van der Waals surface area contributed by atoms with E-state index in [9.17, 15) is 14.0 Å². The molecule has 140 valence electrons. The van der Waals surface area contributed by atoms with Crippen molar-refractivity contribution in [2.75, 3.05) is 39.9 Å². The molecule has 0 spiro atoms. The summed E-state index contributed by atoms with van der Waals surface area (Å²) in [5.74, 6) is -0.719. The second kappa shape index (κ2) is 10.3. The molecule has 0 aliphatic carbocycles. The lowest BCUT2D eigenvalue weighted by Crippen LogP contribution is -2.51. The van der Waals surface area contributed by atoms with Crippen LogP contribution in [0.25, 0.3) is 0 Å². The summed E-state index contributed by atoms with van der Waals surface area (Å²) in [6.45, 7) is 2.62. The van der Waals surface area contributed by atoms with Gasteiger partial charge < -0.3 is 20.7 Å². The third-order valence-corrected chi connectivity index (χ3v) is 4.27.